The maximum atomic E-state index is 13.5. The van der Waals surface area contributed by atoms with Crippen molar-refractivity contribution in [3.63, 3.8) is 0 Å². The number of pyridine rings is 1. The van der Waals surface area contributed by atoms with Crippen LogP contribution < -0.4 is 5.73 Å². The van der Waals surface area contributed by atoms with Crippen LogP contribution in [0.2, 0.25) is 0 Å². The zero-order valence-electron chi connectivity index (χ0n) is 8.67. The fourth-order valence-electron chi connectivity index (χ4n) is 1.56. The van der Waals surface area contributed by atoms with Crippen molar-refractivity contribution in [3.8, 4) is 11.3 Å². The molecule has 0 aliphatic carbocycles. The van der Waals surface area contributed by atoms with E-state index in [1.54, 1.807) is 13.0 Å². The summed E-state index contributed by atoms with van der Waals surface area (Å²) in [6, 6.07) is 5.12. The van der Waals surface area contributed by atoms with Crippen molar-refractivity contribution in [2.24, 2.45) is 0 Å². The summed E-state index contributed by atoms with van der Waals surface area (Å²) in [6.07, 6.45) is 1.45. The number of nitrogens with two attached hydrogens (primary N) is 1. The lowest BCUT2D eigenvalue weighted by Gasteiger charge is -2.06. The van der Waals surface area contributed by atoms with Crippen LogP contribution in [0.15, 0.2) is 30.5 Å². The van der Waals surface area contributed by atoms with Crippen LogP contribution >= 0.6 is 0 Å². The van der Waals surface area contributed by atoms with Gasteiger partial charge in [-0.3, -0.25) is 4.98 Å². The van der Waals surface area contributed by atoms with E-state index in [1.807, 2.05) is 0 Å². The number of anilines is 1. The van der Waals surface area contributed by atoms with E-state index in [9.17, 15) is 8.78 Å². The molecule has 2 aromatic rings. The second-order valence-electron chi connectivity index (χ2n) is 3.56. The monoisotopic (exact) mass is 220 g/mol. The number of aryl methyl sites for hydroxylation is 1. The lowest BCUT2D eigenvalue weighted by molar-refractivity contribution is 0.585. The molecule has 0 spiro atoms. The van der Waals surface area contributed by atoms with E-state index in [-0.39, 0.29) is 5.56 Å². The molecule has 0 radical (unpaired) electrons. The number of nitrogens with zero attached hydrogens (tertiary/aromatic N) is 1. The second-order valence-corrected chi connectivity index (χ2v) is 3.56. The number of nitrogen functional groups attached to an aromatic ring is 1. The first-order chi connectivity index (χ1) is 7.58. The highest BCUT2D eigenvalue weighted by molar-refractivity contribution is 5.65. The van der Waals surface area contributed by atoms with Crippen LogP contribution in [-0.2, 0) is 0 Å². The van der Waals surface area contributed by atoms with E-state index in [0.29, 0.717) is 11.4 Å². The molecular formula is C12H10F2N2. The first-order valence-electron chi connectivity index (χ1n) is 4.75. The molecule has 0 aliphatic rings. The first-order valence-corrected chi connectivity index (χ1v) is 4.75. The highest BCUT2D eigenvalue weighted by atomic mass is 19.1. The summed E-state index contributed by atoms with van der Waals surface area (Å²) in [5.74, 6) is -1.23. The summed E-state index contributed by atoms with van der Waals surface area (Å²) in [6.45, 7) is 1.78. The summed E-state index contributed by atoms with van der Waals surface area (Å²) in [5, 5.41) is 0. The van der Waals surface area contributed by atoms with Crippen LogP contribution in [-0.4, -0.2) is 4.98 Å². The molecule has 2 nitrogen and oxygen atoms in total. The Bertz CT molecular complexity index is 489. The molecule has 0 aliphatic heterocycles. The molecule has 82 valence electrons. The molecule has 0 saturated carbocycles. The van der Waals surface area contributed by atoms with Gasteiger partial charge in [-0.25, -0.2) is 8.78 Å². The quantitative estimate of drug-likeness (QED) is 0.802. The van der Waals surface area contributed by atoms with Crippen LogP contribution in [0.4, 0.5) is 14.5 Å². The van der Waals surface area contributed by atoms with Crippen LogP contribution in [0, 0.1) is 18.6 Å². The van der Waals surface area contributed by atoms with Crippen molar-refractivity contribution in [3.05, 3.63) is 47.7 Å². The van der Waals surface area contributed by atoms with E-state index in [4.69, 9.17) is 5.73 Å². The number of benzene rings is 1. The van der Waals surface area contributed by atoms with Gasteiger partial charge in [-0.15, -0.1) is 0 Å². The SMILES string of the molecule is Cc1cc(N)cnc1-c1ccc(F)cc1F. The Morgan fingerprint density at radius 2 is 1.94 bits per heavy atom. The summed E-state index contributed by atoms with van der Waals surface area (Å²) >= 11 is 0. The Kier molecular flexibility index (Phi) is 2.56. The largest absolute Gasteiger partial charge is 0.397 e. The summed E-state index contributed by atoms with van der Waals surface area (Å²) in [5.41, 5.74) is 7.58. The topological polar surface area (TPSA) is 38.9 Å². The molecule has 0 saturated heterocycles. The van der Waals surface area contributed by atoms with Gasteiger partial charge >= 0.3 is 0 Å². The smallest absolute Gasteiger partial charge is 0.135 e. The number of aromatic nitrogens is 1. The maximum absolute atomic E-state index is 13.5. The zero-order chi connectivity index (χ0) is 11.7. The molecule has 1 aromatic carbocycles. The molecule has 0 atom stereocenters. The summed E-state index contributed by atoms with van der Waals surface area (Å²) in [7, 11) is 0. The fraction of sp³-hybridized carbons (Fsp3) is 0.0833. The van der Waals surface area contributed by atoms with Crippen molar-refractivity contribution in [1.82, 2.24) is 4.98 Å². The van der Waals surface area contributed by atoms with Crippen molar-refractivity contribution in [1.29, 1.82) is 0 Å². The van der Waals surface area contributed by atoms with Crippen molar-refractivity contribution < 1.29 is 8.78 Å². The van der Waals surface area contributed by atoms with Gasteiger partial charge in [-0.05, 0) is 30.7 Å². The Hall–Kier alpha value is -1.97. The minimum atomic E-state index is -0.625. The standard InChI is InChI=1S/C12H10F2N2/c1-7-4-9(15)6-16-12(7)10-3-2-8(13)5-11(10)14/h2-6H,15H2,1H3. The Morgan fingerprint density at radius 3 is 2.56 bits per heavy atom. The Morgan fingerprint density at radius 1 is 1.19 bits per heavy atom. The van der Waals surface area contributed by atoms with Crippen LogP contribution in [0.25, 0.3) is 11.3 Å². The van der Waals surface area contributed by atoms with E-state index in [1.165, 1.54) is 18.3 Å². The lowest BCUT2D eigenvalue weighted by Crippen LogP contribution is -1.95. The van der Waals surface area contributed by atoms with E-state index >= 15 is 0 Å². The minimum Gasteiger partial charge on any atom is -0.397 e. The molecule has 0 amide bonds. The number of rotatable bonds is 1. The molecule has 1 heterocycles. The summed E-state index contributed by atoms with van der Waals surface area (Å²) in [4.78, 5) is 4.05. The third-order valence-electron chi connectivity index (χ3n) is 2.29. The minimum absolute atomic E-state index is 0.277. The van der Waals surface area contributed by atoms with E-state index in [0.717, 1.165) is 11.6 Å². The van der Waals surface area contributed by atoms with Crippen LogP contribution in [0.3, 0.4) is 0 Å². The van der Waals surface area contributed by atoms with Gasteiger partial charge in [0.15, 0.2) is 0 Å². The highest BCUT2D eigenvalue weighted by Crippen LogP contribution is 2.25. The number of hydrogen-bond donors (Lipinski definition) is 1. The maximum Gasteiger partial charge on any atom is 0.135 e. The molecule has 0 unspecified atom stereocenters. The highest BCUT2D eigenvalue weighted by Gasteiger charge is 2.10. The first kappa shape index (κ1) is 10.5. The van der Waals surface area contributed by atoms with Gasteiger partial charge in [0.2, 0.25) is 0 Å². The fourth-order valence-corrected chi connectivity index (χ4v) is 1.56. The van der Waals surface area contributed by atoms with Gasteiger partial charge in [0.1, 0.15) is 11.6 Å². The van der Waals surface area contributed by atoms with Crippen molar-refractivity contribution in [2.75, 3.05) is 5.73 Å². The molecule has 2 rings (SSSR count). The van der Waals surface area contributed by atoms with E-state index in [2.05, 4.69) is 4.98 Å². The molecule has 16 heavy (non-hydrogen) atoms. The third-order valence-corrected chi connectivity index (χ3v) is 2.29. The van der Waals surface area contributed by atoms with Gasteiger partial charge in [0.05, 0.1) is 17.6 Å². The van der Waals surface area contributed by atoms with Crippen LogP contribution in [0.1, 0.15) is 5.56 Å². The molecule has 4 heteroatoms. The lowest BCUT2D eigenvalue weighted by atomic mass is 10.1. The second kappa shape index (κ2) is 3.89. The average molecular weight is 220 g/mol. The van der Waals surface area contributed by atoms with Gasteiger partial charge in [0.25, 0.3) is 0 Å². The third kappa shape index (κ3) is 1.86. The number of hydrogen-bond acceptors (Lipinski definition) is 2. The average Bonchev–Trinajstić information content (AvgIpc) is 2.19. The zero-order valence-corrected chi connectivity index (χ0v) is 8.67. The van der Waals surface area contributed by atoms with Crippen molar-refractivity contribution >= 4 is 5.69 Å². The van der Waals surface area contributed by atoms with Crippen molar-refractivity contribution in [2.45, 2.75) is 6.92 Å². The van der Waals surface area contributed by atoms with Crippen LogP contribution in [0.5, 0.6) is 0 Å². The number of halogens is 2. The molecule has 1 aromatic heterocycles. The molecule has 0 fully saturated rings. The van der Waals surface area contributed by atoms with Gasteiger partial charge in [0, 0.05) is 11.6 Å². The predicted octanol–water partition coefficient (Wildman–Crippen LogP) is 2.92. The normalized spacial score (nSPS) is 10.4. The van der Waals surface area contributed by atoms with Gasteiger partial charge in [-0.2, -0.15) is 0 Å². The van der Waals surface area contributed by atoms with E-state index < -0.39 is 11.6 Å². The van der Waals surface area contributed by atoms with Gasteiger partial charge < -0.3 is 5.73 Å². The van der Waals surface area contributed by atoms with Gasteiger partial charge in [-0.1, -0.05) is 0 Å². The molecular weight excluding hydrogens is 210 g/mol. The summed E-state index contributed by atoms with van der Waals surface area (Å²) < 4.78 is 26.3. The predicted molar refractivity (Wildman–Crippen MR) is 58.7 cm³/mol. The molecule has 0 bridgehead atoms. The molecule has 2 N–H and O–H groups in total. The Labute approximate surface area is 91.7 Å². The Balaban J connectivity index is 2.59.